The highest BCUT2D eigenvalue weighted by atomic mass is 19.2. The Morgan fingerprint density at radius 2 is 1.86 bits per heavy atom. The lowest BCUT2D eigenvalue weighted by Gasteiger charge is -2.17. The predicted octanol–water partition coefficient (Wildman–Crippen LogP) is 4.13. The molecule has 0 amide bonds. The second-order valence-electron chi connectivity index (χ2n) is 5.09. The lowest BCUT2D eigenvalue weighted by Crippen LogP contribution is -2.14. The number of rotatable bonds is 5. The second kappa shape index (κ2) is 6.68. The fourth-order valence-corrected chi connectivity index (χ4v) is 2.07. The van der Waals surface area contributed by atoms with Crippen LogP contribution in [-0.2, 0) is 6.61 Å². The molecular weight excluding hydrogens is 272 g/mol. The lowest BCUT2D eigenvalue weighted by atomic mass is 10.1. The Morgan fingerprint density at radius 3 is 2.52 bits per heavy atom. The molecular formula is C17H19F2NO. The molecule has 0 aromatic heterocycles. The summed E-state index contributed by atoms with van der Waals surface area (Å²) in [5.74, 6) is -0.954. The summed E-state index contributed by atoms with van der Waals surface area (Å²) in [5, 5.41) is 3.17. The Labute approximate surface area is 123 Å². The summed E-state index contributed by atoms with van der Waals surface area (Å²) in [6, 6.07) is 9.92. The van der Waals surface area contributed by atoms with Gasteiger partial charge in [0.25, 0.3) is 0 Å². The van der Waals surface area contributed by atoms with Gasteiger partial charge in [-0.3, -0.25) is 0 Å². The van der Waals surface area contributed by atoms with Crippen molar-refractivity contribution in [2.45, 2.75) is 26.5 Å². The van der Waals surface area contributed by atoms with Crippen LogP contribution in [0.4, 0.5) is 8.78 Å². The van der Waals surface area contributed by atoms with Crippen LogP contribution in [0.3, 0.4) is 0 Å². The number of nitrogens with one attached hydrogen (secondary N) is 1. The molecule has 1 unspecified atom stereocenters. The highest BCUT2D eigenvalue weighted by Gasteiger charge is 2.11. The van der Waals surface area contributed by atoms with Crippen molar-refractivity contribution in [1.82, 2.24) is 5.32 Å². The maximum Gasteiger partial charge on any atom is 0.159 e. The van der Waals surface area contributed by atoms with Crippen LogP contribution in [0.2, 0.25) is 0 Å². The van der Waals surface area contributed by atoms with E-state index in [4.69, 9.17) is 4.74 Å². The maximum absolute atomic E-state index is 13.2. The van der Waals surface area contributed by atoms with Gasteiger partial charge in [-0.2, -0.15) is 0 Å². The number of halogens is 2. The van der Waals surface area contributed by atoms with Crippen LogP contribution in [0.1, 0.15) is 29.7 Å². The van der Waals surface area contributed by atoms with Gasteiger partial charge in [-0.1, -0.05) is 18.2 Å². The second-order valence-corrected chi connectivity index (χ2v) is 5.09. The van der Waals surface area contributed by atoms with Crippen molar-refractivity contribution in [2.75, 3.05) is 7.05 Å². The molecule has 4 heteroatoms. The molecule has 0 spiro atoms. The third kappa shape index (κ3) is 3.79. The molecule has 0 aliphatic rings. The topological polar surface area (TPSA) is 21.3 Å². The van der Waals surface area contributed by atoms with Crippen LogP contribution < -0.4 is 10.1 Å². The van der Waals surface area contributed by atoms with E-state index < -0.39 is 11.6 Å². The van der Waals surface area contributed by atoms with E-state index in [0.717, 1.165) is 29.0 Å². The first-order chi connectivity index (χ1) is 10.0. The van der Waals surface area contributed by atoms with Gasteiger partial charge in [0.15, 0.2) is 11.6 Å². The van der Waals surface area contributed by atoms with Crippen molar-refractivity contribution in [2.24, 2.45) is 0 Å². The van der Waals surface area contributed by atoms with Gasteiger partial charge < -0.3 is 10.1 Å². The Kier molecular flexibility index (Phi) is 4.91. The Morgan fingerprint density at radius 1 is 1.10 bits per heavy atom. The van der Waals surface area contributed by atoms with Gasteiger partial charge in [-0.05, 0) is 50.2 Å². The number of hydrogen-bond donors (Lipinski definition) is 1. The van der Waals surface area contributed by atoms with Crippen LogP contribution in [0.15, 0.2) is 36.4 Å². The molecule has 0 saturated carbocycles. The highest BCUT2D eigenvalue weighted by molar-refractivity contribution is 5.39. The molecule has 0 heterocycles. The zero-order valence-corrected chi connectivity index (χ0v) is 12.4. The molecule has 0 fully saturated rings. The quantitative estimate of drug-likeness (QED) is 0.894. The van der Waals surface area contributed by atoms with Crippen molar-refractivity contribution in [3.63, 3.8) is 0 Å². The van der Waals surface area contributed by atoms with Gasteiger partial charge in [0, 0.05) is 11.6 Å². The van der Waals surface area contributed by atoms with E-state index in [0.29, 0.717) is 5.56 Å². The molecule has 112 valence electrons. The van der Waals surface area contributed by atoms with Gasteiger partial charge in [0.2, 0.25) is 0 Å². The summed E-state index contributed by atoms with van der Waals surface area (Å²) in [4.78, 5) is 0. The minimum absolute atomic E-state index is 0.144. The van der Waals surface area contributed by atoms with E-state index in [1.54, 1.807) is 0 Å². The van der Waals surface area contributed by atoms with Crippen LogP contribution >= 0.6 is 0 Å². The molecule has 0 aliphatic heterocycles. The standard InChI is InChI=1S/C17H19F2NO/c1-11-4-6-14(12(2)20-3)17(8-11)21-10-13-5-7-15(18)16(19)9-13/h4-9,12,20H,10H2,1-3H3. The number of aryl methyl sites for hydroxylation is 1. The molecule has 2 aromatic carbocycles. The summed E-state index contributed by atoms with van der Waals surface area (Å²) in [6.45, 7) is 4.22. The normalized spacial score (nSPS) is 12.2. The van der Waals surface area contributed by atoms with Crippen molar-refractivity contribution in [1.29, 1.82) is 0 Å². The molecule has 2 nitrogen and oxygen atoms in total. The minimum atomic E-state index is -0.857. The van der Waals surface area contributed by atoms with E-state index >= 15 is 0 Å². The summed E-state index contributed by atoms with van der Waals surface area (Å²) in [6.07, 6.45) is 0. The summed E-state index contributed by atoms with van der Waals surface area (Å²) < 4.78 is 31.9. The fraction of sp³-hybridized carbons (Fsp3) is 0.294. The SMILES string of the molecule is CNC(C)c1ccc(C)cc1OCc1ccc(F)c(F)c1. The van der Waals surface area contributed by atoms with E-state index in [1.807, 2.05) is 39.1 Å². The van der Waals surface area contributed by atoms with Gasteiger partial charge in [0.1, 0.15) is 12.4 Å². The van der Waals surface area contributed by atoms with Crippen LogP contribution in [-0.4, -0.2) is 7.05 Å². The van der Waals surface area contributed by atoms with E-state index in [2.05, 4.69) is 5.32 Å². The first-order valence-corrected chi connectivity index (χ1v) is 6.86. The van der Waals surface area contributed by atoms with E-state index in [9.17, 15) is 8.78 Å². The third-order valence-corrected chi connectivity index (χ3v) is 3.45. The molecule has 0 radical (unpaired) electrons. The number of hydrogen-bond acceptors (Lipinski definition) is 2. The molecule has 1 N–H and O–H groups in total. The molecule has 0 saturated heterocycles. The largest absolute Gasteiger partial charge is 0.489 e. The average Bonchev–Trinajstić information content (AvgIpc) is 2.48. The Balaban J connectivity index is 2.18. The zero-order valence-electron chi connectivity index (χ0n) is 12.4. The number of benzene rings is 2. The van der Waals surface area contributed by atoms with Gasteiger partial charge in [0.05, 0.1) is 0 Å². The van der Waals surface area contributed by atoms with Gasteiger partial charge >= 0.3 is 0 Å². The van der Waals surface area contributed by atoms with E-state index in [1.165, 1.54) is 6.07 Å². The Bertz CT molecular complexity index is 628. The smallest absolute Gasteiger partial charge is 0.159 e. The average molecular weight is 291 g/mol. The Hall–Kier alpha value is -1.94. The third-order valence-electron chi connectivity index (χ3n) is 3.45. The summed E-state index contributed by atoms with van der Waals surface area (Å²) in [7, 11) is 1.88. The lowest BCUT2D eigenvalue weighted by molar-refractivity contribution is 0.299. The van der Waals surface area contributed by atoms with Gasteiger partial charge in [-0.15, -0.1) is 0 Å². The first kappa shape index (κ1) is 15.4. The molecule has 0 aliphatic carbocycles. The van der Waals surface area contributed by atoms with E-state index in [-0.39, 0.29) is 12.6 Å². The minimum Gasteiger partial charge on any atom is -0.489 e. The molecule has 2 rings (SSSR count). The molecule has 1 atom stereocenters. The van der Waals surface area contributed by atoms with Crippen LogP contribution in [0.5, 0.6) is 5.75 Å². The van der Waals surface area contributed by atoms with Gasteiger partial charge in [-0.25, -0.2) is 8.78 Å². The molecule has 2 aromatic rings. The van der Waals surface area contributed by atoms with Crippen molar-refractivity contribution in [3.05, 3.63) is 64.7 Å². The fourth-order valence-electron chi connectivity index (χ4n) is 2.07. The monoisotopic (exact) mass is 291 g/mol. The highest BCUT2D eigenvalue weighted by Crippen LogP contribution is 2.27. The van der Waals surface area contributed by atoms with Crippen LogP contribution in [0, 0.1) is 18.6 Å². The van der Waals surface area contributed by atoms with Crippen molar-refractivity contribution in [3.8, 4) is 5.75 Å². The molecule has 0 bridgehead atoms. The predicted molar refractivity (Wildman–Crippen MR) is 79.3 cm³/mol. The number of ether oxygens (including phenoxy) is 1. The molecule has 21 heavy (non-hydrogen) atoms. The first-order valence-electron chi connectivity index (χ1n) is 6.86. The summed E-state index contributed by atoms with van der Waals surface area (Å²) in [5.41, 5.74) is 2.71. The van der Waals surface area contributed by atoms with Crippen molar-refractivity contribution >= 4 is 0 Å². The summed E-state index contributed by atoms with van der Waals surface area (Å²) >= 11 is 0. The van der Waals surface area contributed by atoms with Crippen molar-refractivity contribution < 1.29 is 13.5 Å². The zero-order chi connectivity index (χ0) is 15.4. The maximum atomic E-state index is 13.2. The van der Waals surface area contributed by atoms with Crippen LogP contribution in [0.25, 0.3) is 0 Å².